The Kier molecular flexibility index (Phi) is 6.54. The highest BCUT2D eigenvalue weighted by molar-refractivity contribution is 5.71. The lowest BCUT2D eigenvalue weighted by Crippen LogP contribution is -2.17. The molecule has 1 unspecified atom stereocenters. The lowest BCUT2D eigenvalue weighted by atomic mass is 10.2. The van der Waals surface area contributed by atoms with Crippen LogP contribution < -0.4 is 0 Å². The molecule has 0 bridgehead atoms. The normalized spacial score (nSPS) is 13.0. The molecule has 0 rings (SSSR count). The van der Waals surface area contributed by atoms with E-state index in [9.17, 15) is 4.79 Å². The first-order valence-corrected chi connectivity index (χ1v) is 4.46. The van der Waals surface area contributed by atoms with E-state index in [0.29, 0.717) is 6.61 Å². The van der Waals surface area contributed by atoms with Crippen LogP contribution in [0.15, 0.2) is 0 Å². The number of rotatable bonds is 6. The van der Waals surface area contributed by atoms with E-state index in [1.165, 1.54) is 0 Å². The third-order valence-electron chi connectivity index (χ3n) is 1.30. The Balaban J connectivity index is 3.21. The van der Waals surface area contributed by atoms with Gasteiger partial charge in [0.05, 0.1) is 25.2 Å². The molecular weight excluding hydrogens is 172 g/mol. The predicted octanol–water partition coefficient (Wildman–Crippen LogP) is 0.583. The van der Waals surface area contributed by atoms with Gasteiger partial charge in [-0.1, -0.05) is 13.8 Å². The summed E-state index contributed by atoms with van der Waals surface area (Å²) >= 11 is 0. The maximum absolute atomic E-state index is 10.9. The summed E-state index contributed by atoms with van der Waals surface area (Å²) < 4.78 is 9.84. The van der Waals surface area contributed by atoms with Crippen molar-refractivity contribution in [1.29, 1.82) is 0 Å². The van der Waals surface area contributed by atoms with Gasteiger partial charge in [0, 0.05) is 0 Å². The summed E-state index contributed by atoms with van der Waals surface area (Å²) in [7, 11) is 0. The lowest BCUT2D eigenvalue weighted by molar-refractivity contribution is -0.149. The minimum atomic E-state index is -0.471. The van der Waals surface area contributed by atoms with Crippen molar-refractivity contribution in [3.8, 4) is 0 Å². The summed E-state index contributed by atoms with van der Waals surface area (Å²) in [6.07, 6.45) is -0.471. The second-order valence-corrected chi connectivity index (χ2v) is 3.25. The number of esters is 1. The van der Waals surface area contributed by atoms with Crippen LogP contribution in [0.3, 0.4) is 0 Å². The van der Waals surface area contributed by atoms with E-state index in [-0.39, 0.29) is 25.1 Å². The highest BCUT2D eigenvalue weighted by atomic mass is 16.6. The highest BCUT2D eigenvalue weighted by Gasteiger charge is 2.07. The molecule has 0 spiro atoms. The van der Waals surface area contributed by atoms with Gasteiger partial charge >= 0.3 is 5.97 Å². The van der Waals surface area contributed by atoms with Crippen molar-refractivity contribution in [2.24, 2.45) is 5.92 Å². The van der Waals surface area contributed by atoms with Crippen LogP contribution in [0.2, 0.25) is 0 Å². The largest absolute Gasteiger partial charge is 0.463 e. The Bertz CT molecular complexity index is 143. The molecule has 0 saturated heterocycles. The quantitative estimate of drug-likeness (QED) is 0.492. The molecule has 0 aliphatic rings. The molecule has 4 nitrogen and oxygen atoms in total. The van der Waals surface area contributed by atoms with Gasteiger partial charge in [-0.05, 0) is 6.92 Å². The van der Waals surface area contributed by atoms with Gasteiger partial charge in [0.15, 0.2) is 0 Å². The van der Waals surface area contributed by atoms with Crippen LogP contribution in [0.25, 0.3) is 0 Å². The fourth-order valence-corrected chi connectivity index (χ4v) is 0.622. The van der Waals surface area contributed by atoms with Gasteiger partial charge in [-0.15, -0.1) is 0 Å². The molecule has 13 heavy (non-hydrogen) atoms. The van der Waals surface area contributed by atoms with Gasteiger partial charge in [0.25, 0.3) is 0 Å². The Hall–Kier alpha value is -0.610. The van der Waals surface area contributed by atoms with Crippen LogP contribution in [0.5, 0.6) is 0 Å². The first kappa shape index (κ1) is 12.4. The van der Waals surface area contributed by atoms with Crippen molar-refractivity contribution >= 4 is 5.97 Å². The second kappa shape index (κ2) is 6.86. The average molecular weight is 190 g/mol. The number of hydrogen-bond donors (Lipinski definition) is 1. The molecule has 78 valence electrons. The monoisotopic (exact) mass is 190 g/mol. The summed E-state index contributed by atoms with van der Waals surface area (Å²) in [4.78, 5) is 10.9. The van der Waals surface area contributed by atoms with Crippen molar-refractivity contribution in [2.45, 2.75) is 26.9 Å². The van der Waals surface area contributed by atoms with E-state index in [1.54, 1.807) is 20.8 Å². The Morgan fingerprint density at radius 2 is 1.92 bits per heavy atom. The number of ether oxygens (including phenoxy) is 2. The SMILES string of the molecule is CC(O)COCCOC(=O)C(C)C. The molecule has 1 atom stereocenters. The maximum atomic E-state index is 10.9. The van der Waals surface area contributed by atoms with Crippen molar-refractivity contribution in [2.75, 3.05) is 19.8 Å². The van der Waals surface area contributed by atoms with E-state index in [1.807, 2.05) is 0 Å². The van der Waals surface area contributed by atoms with Crippen LogP contribution in [-0.4, -0.2) is 37.0 Å². The van der Waals surface area contributed by atoms with Gasteiger partial charge in [-0.2, -0.15) is 0 Å². The molecule has 0 radical (unpaired) electrons. The second-order valence-electron chi connectivity index (χ2n) is 3.25. The summed E-state index contributed by atoms with van der Waals surface area (Å²) in [5, 5.41) is 8.82. The highest BCUT2D eigenvalue weighted by Crippen LogP contribution is 1.95. The van der Waals surface area contributed by atoms with E-state index in [4.69, 9.17) is 14.6 Å². The fraction of sp³-hybridized carbons (Fsp3) is 0.889. The van der Waals surface area contributed by atoms with Crippen molar-refractivity contribution in [3.05, 3.63) is 0 Å². The van der Waals surface area contributed by atoms with Gasteiger partial charge in [0.2, 0.25) is 0 Å². The summed E-state index contributed by atoms with van der Waals surface area (Å²) in [6.45, 7) is 6.06. The number of aliphatic hydroxyl groups is 1. The minimum Gasteiger partial charge on any atom is -0.463 e. The van der Waals surface area contributed by atoms with Crippen LogP contribution >= 0.6 is 0 Å². The lowest BCUT2D eigenvalue weighted by Gasteiger charge is -2.08. The molecule has 0 saturated carbocycles. The van der Waals surface area contributed by atoms with E-state index in [2.05, 4.69) is 0 Å². The third kappa shape index (κ3) is 7.74. The summed E-state index contributed by atoms with van der Waals surface area (Å²) in [5.41, 5.74) is 0. The zero-order valence-corrected chi connectivity index (χ0v) is 8.45. The number of aliphatic hydroxyl groups excluding tert-OH is 1. The smallest absolute Gasteiger partial charge is 0.308 e. The fourth-order valence-electron chi connectivity index (χ4n) is 0.622. The molecule has 0 aromatic heterocycles. The molecule has 0 heterocycles. The Morgan fingerprint density at radius 1 is 1.31 bits per heavy atom. The summed E-state index contributed by atoms with van der Waals surface area (Å²) in [5.74, 6) is -0.322. The van der Waals surface area contributed by atoms with Crippen LogP contribution in [0.1, 0.15) is 20.8 Å². The zero-order valence-electron chi connectivity index (χ0n) is 8.45. The topological polar surface area (TPSA) is 55.8 Å². The Morgan fingerprint density at radius 3 is 2.38 bits per heavy atom. The molecule has 0 aliphatic carbocycles. The van der Waals surface area contributed by atoms with Crippen molar-refractivity contribution in [1.82, 2.24) is 0 Å². The molecule has 0 amide bonds. The number of hydrogen-bond acceptors (Lipinski definition) is 4. The summed E-state index contributed by atoms with van der Waals surface area (Å²) in [6, 6.07) is 0. The molecule has 0 aliphatic heterocycles. The molecule has 0 aromatic carbocycles. The zero-order chi connectivity index (χ0) is 10.3. The molecular formula is C9H18O4. The first-order valence-electron chi connectivity index (χ1n) is 4.46. The Labute approximate surface area is 78.8 Å². The molecule has 4 heteroatoms. The standard InChI is InChI=1S/C9H18O4/c1-7(2)9(11)13-5-4-12-6-8(3)10/h7-8,10H,4-6H2,1-3H3. The van der Waals surface area contributed by atoms with Gasteiger partial charge in [0.1, 0.15) is 6.61 Å². The number of carbonyl (C=O) groups is 1. The van der Waals surface area contributed by atoms with Gasteiger partial charge < -0.3 is 14.6 Å². The first-order chi connectivity index (χ1) is 6.04. The van der Waals surface area contributed by atoms with Gasteiger partial charge in [-0.3, -0.25) is 4.79 Å². The third-order valence-corrected chi connectivity index (χ3v) is 1.30. The van der Waals surface area contributed by atoms with Crippen molar-refractivity contribution in [3.63, 3.8) is 0 Å². The van der Waals surface area contributed by atoms with E-state index in [0.717, 1.165) is 0 Å². The minimum absolute atomic E-state index is 0.100. The number of carbonyl (C=O) groups excluding carboxylic acids is 1. The predicted molar refractivity (Wildman–Crippen MR) is 48.3 cm³/mol. The molecule has 1 N–H and O–H groups in total. The van der Waals surface area contributed by atoms with E-state index < -0.39 is 6.10 Å². The molecule has 0 aromatic rings. The van der Waals surface area contributed by atoms with Gasteiger partial charge in [-0.25, -0.2) is 0 Å². The van der Waals surface area contributed by atoms with E-state index >= 15 is 0 Å². The molecule has 0 fully saturated rings. The van der Waals surface area contributed by atoms with Crippen LogP contribution in [0.4, 0.5) is 0 Å². The average Bonchev–Trinajstić information content (AvgIpc) is 2.02. The van der Waals surface area contributed by atoms with Crippen LogP contribution in [0, 0.1) is 5.92 Å². The van der Waals surface area contributed by atoms with Crippen molar-refractivity contribution < 1.29 is 19.4 Å². The maximum Gasteiger partial charge on any atom is 0.308 e. The van der Waals surface area contributed by atoms with Crippen LogP contribution in [-0.2, 0) is 14.3 Å².